The highest BCUT2D eigenvalue weighted by molar-refractivity contribution is 5.92. The molecule has 0 spiro atoms. The summed E-state index contributed by atoms with van der Waals surface area (Å²) >= 11 is 0. The molecule has 5 nitrogen and oxygen atoms in total. The molecule has 3 rings (SSSR count). The van der Waals surface area contributed by atoms with Crippen LogP contribution in [0.15, 0.2) is 40.3 Å². The topological polar surface area (TPSA) is 70.7 Å². The van der Waals surface area contributed by atoms with E-state index in [9.17, 15) is 4.79 Å². The van der Waals surface area contributed by atoms with E-state index in [1.807, 2.05) is 4.90 Å². The van der Waals surface area contributed by atoms with Gasteiger partial charge in [0.2, 0.25) is 11.9 Å². The Morgan fingerprint density at radius 1 is 1.47 bits per heavy atom. The lowest BCUT2D eigenvalue weighted by Gasteiger charge is -2.24. The molecule has 3 heterocycles. The second kappa shape index (κ2) is 2.73. The lowest BCUT2D eigenvalue weighted by Crippen LogP contribution is -2.36. The van der Waals surface area contributed by atoms with Crippen molar-refractivity contribution in [3.05, 3.63) is 35.3 Å². The largest absolute Gasteiger partial charge is 0.369 e. The monoisotopic (exact) mass is 202 g/mol. The van der Waals surface area contributed by atoms with Gasteiger partial charge in [0.15, 0.2) is 0 Å². The summed E-state index contributed by atoms with van der Waals surface area (Å²) in [5.41, 5.74) is 8.64. The van der Waals surface area contributed by atoms with Gasteiger partial charge in [0, 0.05) is 36.5 Å². The molecule has 15 heavy (non-hydrogen) atoms. The number of carbonyl (C=O) groups excluding carboxylic acids is 1. The zero-order valence-corrected chi connectivity index (χ0v) is 8.03. The van der Waals surface area contributed by atoms with E-state index in [2.05, 4.69) is 10.3 Å². The third-order valence-electron chi connectivity index (χ3n) is 2.72. The maximum atomic E-state index is 11.3. The molecule has 3 N–H and O–H groups in total. The van der Waals surface area contributed by atoms with Gasteiger partial charge in [-0.15, -0.1) is 0 Å². The van der Waals surface area contributed by atoms with Crippen LogP contribution in [-0.2, 0) is 4.79 Å². The maximum Gasteiger partial charge on any atom is 0.248 e. The normalized spacial score (nSPS) is 23.2. The van der Waals surface area contributed by atoms with E-state index in [1.165, 1.54) is 6.08 Å². The number of amides is 1. The molecule has 0 aromatic rings. The van der Waals surface area contributed by atoms with Gasteiger partial charge in [0.05, 0.1) is 5.70 Å². The van der Waals surface area contributed by atoms with E-state index in [1.54, 1.807) is 12.3 Å². The second-order valence-corrected chi connectivity index (χ2v) is 3.62. The van der Waals surface area contributed by atoms with E-state index < -0.39 is 0 Å². The predicted octanol–water partition coefficient (Wildman–Crippen LogP) is -0.198. The van der Waals surface area contributed by atoms with E-state index in [4.69, 9.17) is 5.73 Å². The standard InChI is InChI=1S/C10H10N4O/c11-10-12-5-6-1-2-8(15)13-7-3-4-14(10)9(6)7/h1-2,5H,3-4H2,(H2,11,12)(H,13,15). The van der Waals surface area contributed by atoms with Crippen molar-refractivity contribution >= 4 is 11.9 Å². The predicted molar refractivity (Wildman–Crippen MR) is 55.3 cm³/mol. The highest BCUT2D eigenvalue weighted by atomic mass is 16.1. The number of nitrogens with zero attached hydrogens (tertiary/aromatic N) is 2. The molecule has 0 unspecified atom stereocenters. The van der Waals surface area contributed by atoms with Crippen LogP contribution in [0.5, 0.6) is 0 Å². The summed E-state index contributed by atoms with van der Waals surface area (Å²) in [4.78, 5) is 17.4. The number of nitrogens with one attached hydrogen (secondary N) is 1. The van der Waals surface area contributed by atoms with E-state index in [0.29, 0.717) is 5.96 Å². The van der Waals surface area contributed by atoms with Crippen molar-refractivity contribution < 1.29 is 4.79 Å². The molecule has 0 fully saturated rings. The molecule has 3 aliphatic heterocycles. The van der Waals surface area contributed by atoms with Gasteiger partial charge in [-0.1, -0.05) is 0 Å². The van der Waals surface area contributed by atoms with Crippen LogP contribution >= 0.6 is 0 Å². The first-order chi connectivity index (χ1) is 7.25. The Morgan fingerprint density at radius 2 is 2.33 bits per heavy atom. The number of nitrogens with two attached hydrogens (primary N) is 1. The molecule has 0 saturated heterocycles. The van der Waals surface area contributed by atoms with Crippen LogP contribution < -0.4 is 11.1 Å². The third kappa shape index (κ3) is 1.09. The van der Waals surface area contributed by atoms with Crippen LogP contribution in [0.1, 0.15) is 6.42 Å². The van der Waals surface area contributed by atoms with Gasteiger partial charge in [-0.25, -0.2) is 4.99 Å². The fourth-order valence-electron chi connectivity index (χ4n) is 2.04. The Bertz CT molecular complexity index is 470. The summed E-state index contributed by atoms with van der Waals surface area (Å²) < 4.78 is 0. The summed E-state index contributed by atoms with van der Waals surface area (Å²) in [5, 5.41) is 2.85. The van der Waals surface area contributed by atoms with Gasteiger partial charge < -0.3 is 16.0 Å². The SMILES string of the molecule is NC1=NC=C2C=CC(=O)NC3=C2N1CC3. The number of allylic oxidation sites excluding steroid dienone is 1. The summed E-state index contributed by atoms with van der Waals surface area (Å²) in [5.74, 6) is 0.404. The fourth-order valence-corrected chi connectivity index (χ4v) is 2.04. The number of aliphatic imine (C=N–C) groups is 1. The van der Waals surface area contributed by atoms with Gasteiger partial charge >= 0.3 is 0 Å². The first kappa shape index (κ1) is 8.28. The molecule has 0 aromatic carbocycles. The van der Waals surface area contributed by atoms with Gasteiger partial charge in [0.1, 0.15) is 0 Å². The molecule has 0 aliphatic carbocycles. The molecule has 0 atom stereocenters. The van der Waals surface area contributed by atoms with Crippen molar-refractivity contribution in [1.82, 2.24) is 10.2 Å². The summed E-state index contributed by atoms with van der Waals surface area (Å²) in [6.45, 7) is 0.783. The quantitative estimate of drug-likeness (QED) is 0.571. The van der Waals surface area contributed by atoms with Gasteiger partial charge in [0.25, 0.3) is 0 Å². The fraction of sp³-hybridized carbons (Fsp3) is 0.200. The Kier molecular flexibility index (Phi) is 1.50. The molecule has 1 amide bonds. The summed E-state index contributed by atoms with van der Waals surface area (Å²) in [7, 11) is 0. The van der Waals surface area contributed by atoms with Crippen molar-refractivity contribution in [3.63, 3.8) is 0 Å². The van der Waals surface area contributed by atoms with Crippen molar-refractivity contribution in [3.8, 4) is 0 Å². The smallest absolute Gasteiger partial charge is 0.248 e. The zero-order valence-electron chi connectivity index (χ0n) is 8.03. The number of guanidine groups is 1. The van der Waals surface area contributed by atoms with Crippen LogP contribution in [0.4, 0.5) is 0 Å². The highest BCUT2D eigenvalue weighted by Gasteiger charge is 2.30. The van der Waals surface area contributed by atoms with Gasteiger partial charge in [-0.05, 0) is 6.08 Å². The minimum Gasteiger partial charge on any atom is -0.369 e. The van der Waals surface area contributed by atoms with Crippen molar-refractivity contribution in [2.24, 2.45) is 10.7 Å². The lowest BCUT2D eigenvalue weighted by atomic mass is 10.1. The van der Waals surface area contributed by atoms with E-state index in [-0.39, 0.29) is 5.91 Å². The van der Waals surface area contributed by atoms with Crippen LogP contribution in [0.2, 0.25) is 0 Å². The average molecular weight is 202 g/mol. The van der Waals surface area contributed by atoms with Gasteiger partial charge in [-0.2, -0.15) is 0 Å². The maximum absolute atomic E-state index is 11.3. The van der Waals surface area contributed by atoms with Gasteiger partial charge in [-0.3, -0.25) is 4.79 Å². The second-order valence-electron chi connectivity index (χ2n) is 3.62. The first-order valence-electron chi connectivity index (χ1n) is 4.79. The van der Waals surface area contributed by atoms with Crippen LogP contribution in [0.25, 0.3) is 0 Å². The summed E-state index contributed by atoms with van der Waals surface area (Å²) in [6, 6.07) is 0. The number of hydrogen-bond acceptors (Lipinski definition) is 4. The minimum atomic E-state index is -0.0896. The summed E-state index contributed by atoms with van der Waals surface area (Å²) in [6.07, 6.45) is 5.78. The molecule has 76 valence electrons. The van der Waals surface area contributed by atoms with Crippen LogP contribution in [-0.4, -0.2) is 23.3 Å². The Hall–Kier alpha value is -2.04. The van der Waals surface area contributed by atoms with E-state index >= 15 is 0 Å². The first-order valence-corrected chi connectivity index (χ1v) is 4.79. The van der Waals surface area contributed by atoms with Crippen molar-refractivity contribution in [2.75, 3.05) is 6.54 Å². The Balaban J connectivity index is 2.18. The molecule has 0 aromatic heterocycles. The molecule has 5 heteroatoms. The lowest BCUT2D eigenvalue weighted by molar-refractivity contribution is -0.115. The number of rotatable bonds is 0. The molecule has 0 radical (unpaired) electrons. The molecule has 3 aliphatic rings. The number of hydrogen-bond donors (Lipinski definition) is 2. The number of carbonyl (C=O) groups is 1. The Labute approximate surface area is 86.6 Å². The Morgan fingerprint density at radius 3 is 3.20 bits per heavy atom. The van der Waals surface area contributed by atoms with Crippen LogP contribution in [0, 0.1) is 0 Å². The minimum absolute atomic E-state index is 0.0896. The van der Waals surface area contributed by atoms with Crippen molar-refractivity contribution in [1.29, 1.82) is 0 Å². The van der Waals surface area contributed by atoms with Crippen LogP contribution in [0.3, 0.4) is 0 Å². The molecule has 0 bridgehead atoms. The molecular weight excluding hydrogens is 192 g/mol. The van der Waals surface area contributed by atoms with Crippen molar-refractivity contribution in [2.45, 2.75) is 6.42 Å². The average Bonchev–Trinajstić information content (AvgIpc) is 2.55. The zero-order chi connectivity index (χ0) is 10.4. The molecule has 0 saturated carbocycles. The third-order valence-corrected chi connectivity index (χ3v) is 2.72. The highest BCUT2D eigenvalue weighted by Crippen LogP contribution is 2.31. The van der Waals surface area contributed by atoms with E-state index in [0.717, 1.165) is 29.9 Å². The molecular formula is C10H10N4O.